The van der Waals surface area contributed by atoms with Crippen molar-refractivity contribution in [1.82, 2.24) is 0 Å². The van der Waals surface area contributed by atoms with Crippen molar-refractivity contribution in [3.8, 4) is 11.5 Å². The maximum absolute atomic E-state index is 12.6. The summed E-state index contributed by atoms with van der Waals surface area (Å²) in [4.78, 5) is 12.6. The molecule has 0 amide bonds. The van der Waals surface area contributed by atoms with Gasteiger partial charge in [0.2, 0.25) is 0 Å². The van der Waals surface area contributed by atoms with E-state index in [0.717, 1.165) is 6.42 Å². The van der Waals surface area contributed by atoms with Crippen molar-refractivity contribution >= 4 is 5.97 Å². The molecule has 3 heteroatoms. The average molecular weight is 278 g/mol. The van der Waals surface area contributed by atoms with Crippen LogP contribution < -0.4 is 4.74 Å². The Kier molecular flexibility index (Phi) is 4.85. The highest BCUT2D eigenvalue weighted by Crippen LogP contribution is 2.44. The molecular formula is C17H26O3. The first-order valence-electron chi connectivity index (χ1n) is 7.07. The third kappa shape index (κ3) is 3.75. The van der Waals surface area contributed by atoms with Crippen LogP contribution in [-0.2, 0) is 4.79 Å². The van der Waals surface area contributed by atoms with Gasteiger partial charge in [-0.15, -0.1) is 0 Å². The van der Waals surface area contributed by atoms with Gasteiger partial charge in [-0.3, -0.25) is 4.79 Å². The molecule has 1 atom stereocenters. The van der Waals surface area contributed by atoms with Crippen molar-refractivity contribution < 1.29 is 14.6 Å². The fourth-order valence-corrected chi connectivity index (χ4v) is 2.25. The van der Waals surface area contributed by atoms with Crippen LogP contribution >= 0.6 is 0 Å². The molecule has 3 nitrogen and oxygen atoms in total. The van der Waals surface area contributed by atoms with E-state index in [9.17, 15) is 9.90 Å². The van der Waals surface area contributed by atoms with E-state index in [4.69, 9.17) is 4.74 Å². The SMILES string of the molecule is CC(C)CC(C)(C(=O)Oc1ccc(O)cc1)C(C)(C)C. The van der Waals surface area contributed by atoms with Crippen LogP contribution in [0.25, 0.3) is 0 Å². The largest absolute Gasteiger partial charge is 0.508 e. The number of rotatable bonds is 4. The molecule has 0 aliphatic rings. The van der Waals surface area contributed by atoms with Crippen LogP contribution in [0.4, 0.5) is 0 Å². The minimum absolute atomic E-state index is 0.158. The maximum Gasteiger partial charge on any atom is 0.317 e. The number of phenolic OH excluding ortho intramolecular Hbond substituents is 1. The second-order valence-corrected chi connectivity index (χ2v) is 7.06. The van der Waals surface area contributed by atoms with Gasteiger partial charge in [0.05, 0.1) is 5.41 Å². The Morgan fingerprint density at radius 1 is 1.15 bits per heavy atom. The van der Waals surface area contributed by atoms with Gasteiger partial charge in [0.15, 0.2) is 0 Å². The fourth-order valence-electron chi connectivity index (χ4n) is 2.25. The fraction of sp³-hybridized carbons (Fsp3) is 0.588. The molecule has 1 rings (SSSR count). The van der Waals surface area contributed by atoms with Gasteiger partial charge in [0.1, 0.15) is 11.5 Å². The molecule has 1 N–H and O–H groups in total. The van der Waals surface area contributed by atoms with Crippen molar-refractivity contribution in [2.75, 3.05) is 0 Å². The summed E-state index contributed by atoms with van der Waals surface area (Å²) < 4.78 is 5.51. The second kappa shape index (κ2) is 5.86. The number of carbonyl (C=O) groups is 1. The quantitative estimate of drug-likeness (QED) is 0.656. The normalized spacial score (nSPS) is 14.9. The lowest BCUT2D eigenvalue weighted by molar-refractivity contribution is -0.153. The number of phenols is 1. The molecule has 0 fully saturated rings. The lowest BCUT2D eigenvalue weighted by atomic mass is 9.64. The molecular weight excluding hydrogens is 252 g/mol. The lowest BCUT2D eigenvalue weighted by Crippen LogP contribution is -2.44. The first-order valence-corrected chi connectivity index (χ1v) is 7.07. The van der Waals surface area contributed by atoms with Crippen LogP contribution in [0.2, 0.25) is 0 Å². The zero-order chi connectivity index (χ0) is 15.6. The summed E-state index contributed by atoms with van der Waals surface area (Å²) in [5, 5.41) is 9.26. The predicted molar refractivity (Wildman–Crippen MR) is 80.8 cm³/mol. The van der Waals surface area contributed by atoms with Crippen LogP contribution in [0.15, 0.2) is 24.3 Å². The van der Waals surface area contributed by atoms with E-state index in [-0.39, 0.29) is 17.1 Å². The molecule has 1 aromatic carbocycles. The highest BCUT2D eigenvalue weighted by Gasteiger charge is 2.46. The number of aromatic hydroxyl groups is 1. The van der Waals surface area contributed by atoms with Gasteiger partial charge in [0, 0.05) is 0 Å². The summed E-state index contributed by atoms with van der Waals surface area (Å²) in [6.45, 7) is 12.4. The smallest absolute Gasteiger partial charge is 0.317 e. The number of hydrogen-bond acceptors (Lipinski definition) is 3. The Labute approximate surface area is 122 Å². The Morgan fingerprint density at radius 2 is 1.65 bits per heavy atom. The summed E-state index contributed by atoms with van der Waals surface area (Å²) >= 11 is 0. The van der Waals surface area contributed by atoms with E-state index in [1.807, 2.05) is 6.92 Å². The van der Waals surface area contributed by atoms with Crippen molar-refractivity contribution in [1.29, 1.82) is 0 Å². The summed E-state index contributed by atoms with van der Waals surface area (Å²) in [6.07, 6.45) is 0.771. The van der Waals surface area contributed by atoms with Crippen molar-refractivity contribution in [2.24, 2.45) is 16.7 Å². The summed E-state index contributed by atoms with van der Waals surface area (Å²) in [7, 11) is 0. The highest BCUT2D eigenvalue weighted by molar-refractivity contribution is 5.79. The standard InChI is InChI=1S/C17H26O3/c1-12(2)11-17(6,16(3,4)5)15(19)20-14-9-7-13(18)8-10-14/h7-10,12,18H,11H2,1-6H3. The van der Waals surface area contributed by atoms with E-state index >= 15 is 0 Å². The predicted octanol–water partition coefficient (Wildman–Crippen LogP) is 4.40. The van der Waals surface area contributed by atoms with Crippen LogP contribution in [0.1, 0.15) is 48.0 Å². The third-order valence-electron chi connectivity index (χ3n) is 3.97. The van der Waals surface area contributed by atoms with Gasteiger partial charge in [-0.05, 0) is 48.9 Å². The molecule has 0 aromatic heterocycles. The highest BCUT2D eigenvalue weighted by atomic mass is 16.5. The molecule has 0 aliphatic heterocycles. The number of carbonyl (C=O) groups excluding carboxylic acids is 1. The van der Waals surface area contributed by atoms with Gasteiger partial charge in [-0.25, -0.2) is 0 Å². The first kappa shape index (κ1) is 16.5. The van der Waals surface area contributed by atoms with Gasteiger partial charge in [0.25, 0.3) is 0 Å². The Hall–Kier alpha value is -1.51. The minimum atomic E-state index is -0.556. The van der Waals surface area contributed by atoms with Crippen LogP contribution in [0, 0.1) is 16.7 Å². The second-order valence-electron chi connectivity index (χ2n) is 7.06. The molecule has 1 aromatic rings. The Balaban J connectivity index is 2.97. The van der Waals surface area contributed by atoms with Crippen LogP contribution in [-0.4, -0.2) is 11.1 Å². The van der Waals surface area contributed by atoms with Gasteiger partial charge >= 0.3 is 5.97 Å². The number of esters is 1. The average Bonchev–Trinajstić information content (AvgIpc) is 2.29. The maximum atomic E-state index is 12.6. The molecule has 0 aliphatic carbocycles. The topological polar surface area (TPSA) is 46.5 Å². The van der Waals surface area contributed by atoms with E-state index < -0.39 is 5.41 Å². The summed E-state index contributed by atoms with van der Waals surface area (Å²) in [6, 6.07) is 6.23. The van der Waals surface area contributed by atoms with Crippen molar-refractivity contribution in [2.45, 2.75) is 48.0 Å². The number of benzene rings is 1. The molecule has 0 bridgehead atoms. The zero-order valence-corrected chi connectivity index (χ0v) is 13.4. The first-order chi connectivity index (χ1) is 9.06. The molecule has 0 saturated heterocycles. The number of ether oxygens (including phenoxy) is 1. The molecule has 0 heterocycles. The molecule has 112 valence electrons. The Bertz CT molecular complexity index is 454. The van der Waals surface area contributed by atoms with E-state index in [0.29, 0.717) is 11.7 Å². The van der Waals surface area contributed by atoms with Crippen LogP contribution in [0.3, 0.4) is 0 Å². The lowest BCUT2D eigenvalue weighted by Gasteiger charge is -2.40. The monoisotopic (exact) mass is 278 g/mol. The third-order valence-corrected chi connectivity index (χ3v) is 3.97. The van der Waals surface area contributed by atoms with Gasteiger partial charge in [-0.1, -0.05) is 34.6 Å². The van der Waals surface area contributed by atoms with Crippen LogP contribution in [0.5, 0.6) is 11.5 Å². The number of hydrogen-bond donors (Lipinski definition) is 1. The van der Waals surface area contributed by atoms with Crippen molar-refractivity contribution in [3.05, 3.63) is 24.3 Å². The zero-order valence-electron chi connectivity index (χ0n) is 13.4. The minimum Gasteiger partial charge on any atom is -0.508 e. The van der Waals surface area contributed by atoms with Gasteiger partial charge in [-0.2, -0.15) is 0 Å². The molecule has 20 heavy (non-hydrogen) atoms. The van der Waals surface area contributed by atoms with Crippen molar-refractivity contribution in [3.63, 3.8) is 0 Å². The molecule has 0 spiro atoms. The Morgan fingerprint density at radius 3 is 2.05 bits per heavy atom. The molecule has 0 radical (unpaired) electrons. The molecule has 1 unspecified atom stereocenters. The molecule has 0 saturated carbocycles. The van der Waals surface area contributed by atoms with E-state index in [1.54, 1.807) is 12.1 Å². The van der Waals surface area contributed by atoms with E-state index in [1.165, 1.54) is 12.1 Å². The van der Waals surface area contributed by atoms with E-state index in [2.05, 4.69) is 34.6 Å². The summed E-state index contributed by atoms with van der Waals surface area (Å²) in [5.41, 5.74) is -0.746. The summed E-state index contributed by atoms with van der Waals surface area (Å²) in [5.74, 6) is 0.813. The van der Waals surface area contributed by atoms with Gasteiger partial charge < -0.3 is 9.84 Å².